The van der Waals surface area contributed by atoms with Crippen molar-refractivity contribution in [2.45, 2.75) is 38.8 Å². The Morgan fingerprint density at radius 2 is 2.05 bits per heavy atom. The van der Waals surface area contributed by atoms with E-state index in [0.717, 1.165) is 5.56 Å². The Morgan fingerprint density at radius 1 is 1.33 bits per heavy atom. The quantitative estimate of drug-likeness (QED) is 0.620. The molecule has 0 fully saturated rings. The first kappa shape index (κ1) is 17.0. The highest BCUT2D eigenvalue weighted by Crippen LogP contribution is 2.14. The van der Waals surface area contributed by atoms with Gasteiger partial charge in [-0.05, 0) is 38.1 Å². The second-order valence-corrected chi connectivity index (χ2v) is 5.20. The molecule has 0 heterocycles. The van der Waals surface area contributed by atoms with E-state index in [-0.39, 0.29) is 0 Å². The van der Waals surface area contributed by atoms with E-state index >= 15 is 0 Å². The van der Waals surface area contributed by atoms with Crippen LogP contribution in [-0.2, 0) is 11.3 Å². The predicted octanol–water partition coefficient (Wildman–Crippen LogP) is 2.17. The maximum absolute atomic E-state index is 12.0. The minimum absolute atomic E-state index is 0.371. The summed E-state index contributed by atoms with van der Waals surface area (Å²) < 4.78 is 0. The topological polar surface area (TPSA) is 90.5 Å². The predicted molar refractivity (Wildman–Crippen MR) is 82.3 cm³/mol. The molecule has 0 aliphatic carbocycles. The van der Waals surface area contributed by atoms with Crippen LogP contribution in [0.2, 0.25) is 0 Å². The number of urea groups is 1. The van der Waals surface area contributed by atoms with Gasteiger partial charge in [0.15, 0.2) is 0 Å². The van der Waals surface area contributed by atoms with Crippen molar-refractivity contribution in [3.05, 3.63) is 29.8 Å². The molecule has 0 saturated carbocycles. The summed E-state index contributed by atoms with van der Waals surface area (Å²) in [5, 5.41) is 17.5. The molecule has 6 nitrogen and oxygen atoms in total. The number of hydrogen-bond donors (Lipinski definition) is 4. The minimum atomic E-state index is -1.26. The lowest BCUT2D eigenvalue weighted by atomic mass is 9.97. The van der Waals surface area contributed by atoms with Crippen LogP contribution in [0.3, 0.4) is 0 Å². The van der Waals surface area contributed by atoms with Gasteiger partial charge in [-0.25, -0.2) is 9.59 Å². The van der Waals surface area contributed by atoms with Crippen molar-refractivity contribution >= 4 is 17.7 Å². The van der Waals surface area contributed by atoms with E-state index in [9.17, 15) is 14.7 Å². The van der Waals surface area contributed by atoms with E-state index in [0.29, 0.717) is 25.1 Å². The molecule has 1 aromatic rings. The molecular weight excluding hydrogens is 270 g/mol. The van der Waals surface area contributed by atoms with Gasteiger partial charge >= 0.3 is 12.0 Å². The van der Waals surface area contributed by atoms with E-state index in [1.165, 1.54) is 6.92 Å². The fourth-order valence-electron chi connectivity index (χ4n) is 2.10. The van der Waals surface area contributed by atoms with Crippen LogP contribution in [0.1, 0.15) is 32.3 Å². The average Bonchev–Trinajstić information content (AvgIpc) is 2.39. The largest absolute Gasteiger partial charge is 0.480 e. The second-order valence-electron chi connectivity index (χ2n) is 5.20. The van der Waals surface area contributed by atoms with Crippen molar-refractivity contribution in [1.29, 1.82) is 0 Å². The standard InChI is InChI=1S/C15H23N3O3/c1-4-8-15(2,13(19)20)18-14(21)17-12-7-5-6-11(9-12)10-16-3/h5-7,9,16H,4,8,10H2,1-3H3,(H,19,20)(H2,17,18,21). The number of amides is 2. The van der Waals surface area contributed by atoms with E-state index in [1.807, 2.05) is 32.2 Å². The molecule has 1 unspecified atom stereocenters. The highest BCUT2D eigenvalue weighted by molar-refractivity contribution is 5.93. The Labute approximate surface area is 124 Å². The smallest absolute Gasteiger partial charge is 0.329 e. The van der Waals surface area contributed by atoms with Gasteiger partial charge in [-0.1, -0.05) is 25.5 Å². The maximum atomic E-state index is 12.0. The molecule has 4 N–H and O–H groups in total. The summed E-state index contributed by atoms with van der Waals surface area (Å²) in [6.45, 7) is 4.08. The average molecular weight is 293 g/mol. The number of rotatable bonds is 7. The van der Waals surface area contributed by atoms with Crippen LogP contribution in [-0.4, -0.2) is 29.7 Å². The van der Waals surface area contributed by atoms with Gasteiger partial charge in [0.05, 0.1) is 0 Å². The summed E-state index contributed by atoms with van der Waals surface area (Å²) in [6, 6.07) is 6.86. The van der Waals surface area contributed by atoms with Crippen LogP contribution < -0.4 is 16.0 Å². The maximum Gasteiger partial charge on any atom is 0.329 e. The molecule has 0 bridgehead atoms. The van der Waals surface area contributed by atoms with Crippen molar-refractivity contribution in [2.24, 2.45) is 0 Å². The number of carboxylic acid groups (broad SMARTS) is 1. The summed E-state index contributed by atoms with van der Waals surface area (Å²) >= 11 is 0. The van der Waals surface area contributed by atoms with Crippen LogP contribution in [0.25, 0.3) is 0 Å². The molecule has 0 aliphatic rings. The van der Waals surface area contributed by atoms with Crippen molar-refractivity contribution in [3.8, 4) is 0 Å². The molecule has 0 spiro atoms. The highest BCUT2D eigenvalue weighted by Gasteiger charge is 2.33. The number of carbonyl (C=O) groups is 2. The third-order valence-corrected chi connectivity index (χ3v) is 3.18. The molecule has 0 radical (unpaired) electrons. The number of aliphatic carboxylic acids is 1. The van der Waals surface area contributed by atoms with Crippen LogP contribution in [0.15, 0.2) is 24.3 Å². The molecule has 1 atom stereocenters. The van der Waals surface area contributed by atoms with Gasteiger partial charge < -0.3 is 21.1 Å². The van der Waals surface area contributed by atoms with E-state index < -0.39 is 17.5 Å². The van der Waals surface area contributed by atoms with Gasteiger partial charge in [0.1, 0.15) is 5.54 Å². The zero-order chi connectivity index (χ0) is 15.9. The number of nitrogens with one attached hydrogen (secondary N) is 3. The Bertz CT molecular complexity index is 505. The first-order valence-electron chi connectivity index (χ1n) is 6.97. The molecule has 1 aromatic carbocycles. The molecule has 1 rings (SSSR count). The van der Waals surface area contributed by atoms with Gasteiger partial charge in [0, 0.05) is 12.2 Å². The Morgan fingerprint density at radius 3 is 2.62 bits per heavy atom. The lowest BCUT2D eigenvalue weighted by Gasteiger charge is -2.25. The van der Waals surface area contributed by atoms with Crippen molar-refractivity contribution in [1.82, 2.24) is 10.6 Å². The fraction of sp³-hybridized carbons (Fsp3) is 0.467. The van der Waals surface area contributed by atoms with E-state index in [1.54, 1.807) is 6.07 Å². The monoisotopic (exact) mass is 293 g/mol. The first-order chi connectivity index (χ1) is 9.91. The normalized spacial score (nSPS) is 13.3. The molecule has 0 aromatic heterocycles. The van der Waals surface area contributed by atoms with Gasteiger partial charge in [0.2, 0.25) is 0 Å². The molecule has 116 valence electrons. The summed E-state index contributed by atoms with van der Waals surface area (Å²) in [5.74, 6) is -1.04. The van der Waals surface area contributed by atoms with E-state index in [4.69, 9.17) is 0 Å². The van der Waals surface area contributed by atoms with Crippen LogP contribution in [0.4, 0.5) is 10.5 Å². The zero-order valence-electron chi connectivity index (χ0n) is 12.7. The zero-order valence-corrected chi connectivity index (χ0v) is 12.7. The molecule has 0 saturated heterocycles. The molecule has 21 heavy (non-hydrogen) atoms. The second kappa shape index (κ2) is 7.64. The summed E-state index contributed by atoms with van der Waals surface area (Å²) in [5.41, 5.74) is 0.399. The number of benzene rings is 1. The lowest BCUT2D eigenvalue weighted by molar-refractivity contribution is -0.143. The summed E-state index contributed by atoms with van der Waals surface area (Å²) in [6.07, 6.45) is 1.04. The highest BCUT2D eigenvalue weighted by atomic mass is 16.4. The van der Waals surface area contributed by atoms with Crippen molar-refractivity contribution < 1.29 is 14.7 Å². The third kappa shape index (κ3) is 5.07. The molecule has 6 heteroatoms. The lowest BCUT2D eigenvalue weighted by Crippen LogP contribution is -2.53. The minimum Gasteiger partial charge on any atom is -0.480 e. The Balaban J connectivity index is 2.72. The van der Waals surface area contributed by atoms with Gasteiger partial charge in [-0.3, -0.25) is 0 Å². The Hall–Kier alpha value is -2.08. The molecule has 0 aliphatic heterocycles. The van der Waals surface area contributed by atoms with Gasteiger partial charge in [0.25, 0.3) is 0 Å². The van der Waals surface area contributed by atoms with Crippen molar-refractivity contribution in [2.75, 3.05) is 12.4 Å². The Kier molecular flexibility index (Phi) is 6.17. The van der Waals surface area contributed by atoms with Crippen LogP contribution >= 0.6 is 0 Å². The van der Waals surface area contributed by atoms with Crippen LogP contribution in [0.5, 0.6) is 0 Å². The van der Waals surface area contributed by atoms with Gasteiger partial charge in [-0.15, -0.1) is 0 Å². The molecule has 2 amide bonds. The SMILES string of the molecule is CCCC(C)(NC(=O)Nc1cccc(CNC)c1)C(=O)O. The first-order valence-corrected chi connectivity index (χ1v) is 6.97. The van der Waals surface area contributed by atoms with Crippen LogP contribution in [0, 0.1) is 0 Å². The van der Waals surface area contributed by atoms with E-state index in [2.05, 4.69) is 16.0 Å². The summed E-state index contributed by atoms with van der Waals surface area (Å²) in [7, 11) is 1.84. The number of hydrogen-bond acceptors (Lipinski definition) is 3. The van der Waals surface area contributed by atoms with Gasteiger partial charge in [-0.2, -0.15) is 0 Å². The number of carboxylic acids is 1. The number of carbonyl (C=O) groups excluding carboxylic acids is 1. The van der Waals surface area contributed by atoms with Crippen molar-refractivity contribution in [3.63, 3.8) is 0 Å². The molecular formula is C15H23N3O3. The third-order valence-electron chi connectivity index (χ3n) is 3.18. The fourth-order valence-corrected chi connectivity index (χ4v) is 2.10. The number of anilines is 1. The summed E-state index contributed by atoms with van der Waals surface area (Å²) in [4.78, 5) is 23.3.